The molecule has 0 aliphatic carbocycles. The quantitative estimate of drug-likeness (QED) is 0.400. The molecule has 10 nitrogen and oxygen atoms in total. The van der Waals surface area contributed by atoms with Crippen LogP contribution < -0.4 is 5.73 Å². The molecule has 0 bridgehead atoms. The number of rotatable bonds is 6. The van der Waals surface area contributed by atoms with Gasteiger partial charge in [-0.1, -0.05) is 11.3 Å². The smallest absolute Gasteiger partial charge is 0.222 e. The molecule has 0 amide bonds. The van der Waals surface area contributed by atoms with Gasteiger partial charge < -0.3 is 20.2 Å². The number of thiol groups is 1. The largest absolute Gasteiger partial charge is 0.379 e. The van der Waals surface area contributed by atoms with Crippen molar-refractivity contribution in [3.63, 3.8) is 0 Å². The van der Waals surface area contributed by atoms with Crippen molar-refractivity contribution in [3.05, 3.63) is 41.9 Å². The number of nitrogens with two attached hydrogens (primary N) is 1. The van der Waals surface area contributed by atoms with E-state index in [0.717, 1.165) is 34.9 Å². The number of aromatic amines is 1. The van der Waals surface area contributed by atoms with Gasteiger partial charge in [0.25, 0.3) is 0 Å². The molecule has 0 aromatic carbocycles. The first-order chi connectivity index (χ1) is 14.7. The zero-order valence-electron chi connectivity index (χ0n) is 16.0. The Morgan fingerprint density at radius 1 is 1.30 bits per heavy atom. The lowest BCUT2D eigenvalue weighted by molar-refractivity contribution is 0.0316. The van der Waals surface area contributed by atoms with Crippen molar-refractivity contribution < 1.29 is 9.47 Å². The Hall–Kier alpha value is -3.02. The fourth-order valence-corrected chi connectivity index (χ4v) is 3.60. The fraction of sp³-hybridized carbons (Fsp3) is 0.316. The van der Waals surface area contributed by atoms with Gasteiger partial charge >= 0.3 is 0 Å². The molecule has 1 aliphatic heterocycles. The SMILES string of the molecule is Nc1nc(-c2[nH]ccc2S)c2nnn(Cc3ccc(COC4CCOC4)cn3)c2n1. The molecule has 3 N–H and O–H groups in total. The second-order valence-electron chi connectivity index (χ2n) is 7.04. The maximum absolute atomic E-state index is 5.94. The van der Waals surface area contributed by atoms with Gasteiger partial charge in [0.15, 0.2) is 11.2 Å². The van der Waals surface area contributed by atoms with Gasteiger partial charge in [0, 0.05) is 23.9 Å². The van der Waals surface area contributed by atoms with E-state index in [9.17, 15) is 0 Å². The van der Waals surface area contributed by atoms with Crippen LogP contribution in [0.5, 0.6) is 0 Å². The Kier molecular flexibility index (Phi) is 5.07. The summed E-state index contributed by atoms with van der Waals surface area (Å²) in [4.78, 5) is 17.0. The number of H-pyrrole nitrogens is 1. The van der Waals surface area contributed by atoms with Crippen LogP contribution in [0.1, 0.15) is 17.7 Å². The number of pyridine rings is 1. The second kappa shape index (κ2) is 8.01. The highest BCUT2D eigenvalue weighted by Crippen LogP contribution is 2.28. The van der Waals surface area contributed by atoms with Crippen LogP contribution in [0, 0.1) is 0 Å². The highest BCUT2D eigenvalue weighted by Gasteiger charge is 2.18. The minimum absolute atomic E-state index is 0.139. The van der Waals surface area contributed by atoms with Gasteiger partial charge in [0.2, 0.25) is 5.95 Å². The molecule has 154 valence electrons. The van der Waals surface area contributed by atoms with Crippen LogP contribution in [-0.4, -0.2) is 54.2 Å². The summed E-state index contributed by atoms with van der Waals surface area (Å²) >= 11 is 4.45. The summed E-state index contributed by atoms with van der Waals surface area (Å²) < 4.78 is 12.8. The van der Waals surface area contributed by atoms with Gasteiger partial charge in [0.1, 0.15) is 5.69 Å². The van der Waals surface area contributed by atoms with Crippen LogP contribution in [0.3, 0.4) is 0 Å². The van der Waals surface area contributed by atoms with E-state index in [2.05, 4.69) is 42.9 Å². The Labute approximate surface area is 177 Å². The predicted octanol–water partition coefficient (Wildman–Crippen LogP) is 1.84. The Morgan fingerprint density at radius 3 is 2.97 bits per heavy atom. The summed E-state index contributed by atoms with van der Waals surface area (Å²) in [5.74, 6) is 0.139. The van der Waals surface area contributed by atoms with Gasteiger partial charge in [-0.2, -0.15) is 4.98 Å². The minimum atomic E-state index is 0.139. The number of hydrogen-bond acceptors (Lipinski definition) is 9. The van der Waals surface area contributed by atoms with Gasteiger partial charge in [-0.25, -0.2) is 9.67 Å². The standard InChI is InChI=1S/C19H20N8O2S/c20-19-23-16(15-14(30)3-5-21-15)17-18(24-19)27(26-25-17)8-12-2-1-11(7-22-12)9-29-13-4-6-28-10-13/h1-3,5,7,13,21,30H,4,6,8-10H2,(H2,20,23,24). The van der Waals surface area contributed by atoms with E-state index in [1.165, 1.54) is 0 Å². The lowest BCUT2D eigenvalue weighted by atomic mass is 10.2. The molecule has 0 radical (unpaired) electrons. The number of nitrogens with zero attached hydrogens (tertiary/aromatic N) is 6. The van der Waals surface area contributed by atoms with E-state index >= 15 is 0 Å². The van der Waals surface area contributed by atoms with Crippen molar-refractivity contribution in [3.8, 4) is 11.4 Å². The van der Waals surface area contributed by atoms with Crippen molar-refractivity contribution in [2.24, 2.45) is 0 Å². The number of nitrogens with one attached hydrogen (secondary N) is 1. The van der Waals surface area contributed by atoms with Crippen molar-refractivity contribution in [2.75, 3.05) is 18.9 Å². The number of hydrogen-bond donors (Lipinski definition) is 3. The molecule has 30 heavy (non-hydrogen) atoms. The minimum Gasteiger partial charge on any atom is -0.379 e. The van der Waals surface area contributed by atoms with Crippen LogP contribution >= 0.6 is 12.6 Å². The molecule has 0 saturated carbocycles. The number of aromatic nitrogens is 7. The summed E-state index contributed by atoms with van der Waals surface area (Å²) in [6.07, 6.45) is 4.70. The van der Waals surface area contributed by atoms with Gasteiger partial charge in [-0.05, 0) is 24.1 Å². The molecule has 11 heteroatoms. The van der Waals surface area contributed by atoms with E-state index in [4.69, 9.17) is 15.2 Å². The third-order valence-electron chi connectivity index (χ3n) is 4.91. The third kappa shape index (κ3) is 3.74. The first kappa shape index (κ1) is 19.0. The lowest BCUT2D eigenvalue weighted by Crippen LogP contribution is -2.12. The predicted molar refractivity (Wildman–Crippen MR) is 112 cm³/mol. The van der Waals surface area contributed by atoms with Crippen molar-refractivity contribution >= 4 is 29.7 Å². The number of anilines is 1. The Bertz CT molecular complexity index is 1170. The molecular weight excluding hydrogens is 404 g/mol. The third-order valence-corrected chi connectivity index (χ3v) is 5.29. The summed E-state index contributed by atoms with van der Waals surface area (Å²) in [5.41, 5.74) is 10.1. The zero-order chi connectivity index (χ0) is 20.5. The average Bonchev–Trinajstić information content (AvgIpc) is 3.49. The molecule has 4 aromatic heterocycles. The highest BCUT2D eigenvalue weighted by molar-refractivity contribution is 7.80. The summed E-state index contributed by atoms with van der Waals surface area (Å²) in [6, 6.07) is 5.78. The maximum atomic E-state index is 5.94. The Morgan fingerprint density at radius 2 is 2.23 bits per heavy atom. The van der Waals surface area contributed by atoms with Crippen LogP contribution in [-0.2, 0) is 22.6 Å². The normalized spacial score (nSPS) is 16.5. The number of ether oxygens (including phenoxy) is 2. The maximum Gasteiger partial charge on any atom is 0.222 e. The summed E-state index contributed by atoms with van der Waals surface area (Å²) in [6.45, 7) is 2.35. The number of fused-ring (bicyclic) bond motifs is 1. The molecule has 1 unspecified atom stereocenters. The molecule has 1 atom stereocenters. The molecule has 1 saturated heterocycles. The van der Waals surface area contributed by atoms with Gasteiger partial charge in [0.05, 0.1) is 37.3 Å². The van der Waals surface area contributed by atoms with Crippen molar-refractivity contribution in [1.82, 2.24) is 34.9 Å². The lowest BCUT2D eigenvalue weighted by Gasteiger charge is -2.10. The van der Waals surface area contributed by atoms with E-state index < -0.39 is 0 Å². The number of nitrogen functional groups attached to an aromatic ring is 1. The molecule has 5 heterocycles. The zero-order valence-corrected chi connectivity index (χ0v) is 16.9. The molecule has 1 aliphatic rings. The second-order valence-corrected chi connectivity index (χ2v) is 7.52. The molecule has 0 spiro atoms. The van der Waals surface area contributed by atoms with Gasteiger partial charge in [-0.3, -0.25) is 4.98 Å². The topological polar surface area (TPSA) is 130 Å². The van der Waals surface area contributed by atoms with Gasteiger partial charge in [-0.15, -0.1) is 17.7 Å². The fourth-order valence-electron chi connectivity index (χ4n) is 3.35. The molecular formula is C19H20N8O2S. The first-order valence-electron chi connectivity index (χ1n) is 9.54. The average molecular weight is 424 g/mol. The van der Waals surface area contributed by atoms with Crippen molar-refractivity contribution in [1.29, 1.82) is 0 Å². The molecule has 1 fully saturated rings. The highest BCUT2D eigenvalue weighted by atomic mass is 32.1. The Balaban J connectivity index is 1.36. The molecule has 4 aromatic rings. The summed E-state index contributed by atoms with van der Waals surface area (Å²) in [5, 5.41) is 8.50. The van der Waals surface area contributed by atoms with E-state index in [-0.39, 0.29) is 12.1 Å². The van der Waals surface area contributed by atoms with E-state index in [1.807, 2.05) is 24.4 Å². The van der Waals surface area contributed by atoms with E-state index in [0.29, 0.717) is 36.6 Å². The van der Waals surface area contributed by atoms with Crippen LogP contribution in [0.4, 0.5) is 5.95 Å². The molecule has 5 rings (SSSR count). The van der Waals surface area contributed by atoms with Crippen molar-refractivity contribution in [2.45, 2.75) is 30.6 Å². The van der Waals surface area contributed by atoms with Crippen LogP contribution in [0.25, 0.3) is 22.6 Å². The summed E-state index contributed by atoms with van der Waals surface area (Å²) in [7, 11) is 0. The van der Waals surface area contributed by atoms with E-state index in [1.54, 1.807) is 10.9 Å². The first-order valence-corrected chi connectivity index (χ1v) is 9.98. The van der Waals surface area contributed by atoms with Crippen LogP contribution in [0.15, 0.2) is 35.5 Å². The monoisotopic (exact) mass is 424 g/mol. The van der Waals surface area contributed by atoms with Crippen LogP contribution in [0.2, 0.25) is 0 Å².